The molecule has 3 aromatic rings. The highest BCUT2D eigenvalue weighted by Crippen LogP contribution is 2.38. The van der Waals surface area contributed by atoms with Gasteiger partial charge in [-0.3, -0.25) is 4.79 Å². The van der Waals surface area contributed by atoms with Crippen molar-refractivity contribution in [1.82, 2.24) is 14.7 Å². The normalized spacial score (nSPS) is 11.9. The predicted molar refractivity (Wildman–Crippen MR) is 117 cm³/mol. The Bertz CT molecular complexity index is 1130. The highest BCUT2D eigenvalue weighted by Gasteiger charge is 2.24. The van der Waals surface area contributed by atoms with Crippen molar-refractivity contribution in [2.24, 2.45) is 5.92 Å². The van der Waals surface area contributed by atoms with E-state index in [0.717, 1.165) is 0 Å². The molecule has 0 saturated carbocycles. The Hall–Kier alpha value is -3.46. The molecule has 1 atom stereocenters. The van der Waals surface area contributed by atoms with Crippen LogP contribution in [0.15, 0.2) is 36.7 Å². The molecule has 0 aliphatic carbocycles. The molecular weight excluding hydrogens is 424 g/mol. The van der Waals surface area contributed by atoms with Gasteiger partial charge < -0.3 is 29.6 Å². The fourth-order valence-corrected chi connectivity index (χ4v) is 3.38. The third kappa shape index (κ3) is 4.83. The Balaban J connectivity index is 1.91. The second-order valence-electron chi connectivity index (χ2n) is 7.15. The van der Waals surface area contributed by atoms with Gasteiger partial charge in [0.25, 0.3) is 0 Å². The van der Waals surface area contributed by atoms with Crippen LogP contribution in [0.25, 0.3) is 16.9 Å². The van der Waals surface area contributed by atoms with Crippen LogP contribution < -0.4 is 20.1 Å². The average Bonchev–Trinajstić information content (AvgIpc) is 3.14. The van der Waals surface area contributed by atoms with E-state index in [1.807, 2.05) is 6.20 Å². The molecule has 0 spiro atoms. The largest absolute Gasteiger partial charge is 0.496 e. The Morgan fingerprint density at radius 3 is 2.48 bits per heavy atom. The summed E-state index contributed by atoms with van der Waals surface area (Å²) in [6, 6.07) is 5.92. The number of ether oxygens (including phenoxy) is 2. The number of imidazole rings is 1. The van der Waals surface area contributed by atoms with Gasteiger partial charge in [0, 0.05) is 35.8 Å². The van der Waals surface area contributed by atoms with Crippen LogP contribution in [0.2, 0.25) is 5.02 Å². The SMILES string of the molecule is COc1cc(OC)c(-c2cn3ccc(NC(=O)C(NC(=O)O)C(C)C)cc3n2)cc1Cl. The van der Waals surface area contributed by atoms with E-state index in [1.165, 1.54) is 7.11 Å². The van der Waals surface area contributed by atoms with Crippen LogP contribution in [0.3, 0.4) is 0 Å². The predicted octanol–water partition coefficient (Wildman–Crippen LogP) is 3.90. The molecule has 2 amide bonds. The number of hydrogen-bond donors (Lipinski definition) is 3. The number of benzene rings is 1. The van der Waals surface area contributed by atoms with Crippen molar-refractivity contribution >= 4 is 34.9 Å². The first-order chi connectivity index (χ1) is 14.7. The Morgan fingerprint density at radius 1 is 1.16 bits per heavy atom. The van der Waals surface area contributed by atoms with E-state index >= 15 is 0 Å². The number of aromatic nitrogens is 2. The number of carbonyl (C=O) groups is 2. The lowest BCUT2D eigenvalue weighted by atomic mass is 10.0. The smallest absolute Gasteiger partial charge is 0.405 e. The molecule has 1 aromatic carbocycles. The number of nitrogens with one attached hydrogen (secondary N) is 2. The van der Waals surface area contributed by atoms with Gasteiger partial charge in [0.2, 0.25) is 5.91 Å². The second kappa shape index (κ2) is 9.13. The molecule has 9 nitrogen and oxygen atoms in total. The Labute approximate surface area is 183 Å². The number of anilines is 1. The minimum Gasteiger partial charge on any atom is -0.496 e. The van der Waals surface area contributed by atoms with E-state index in [2.05, 4.69) is 15.6 Å². The van der Waals surface area contributed by atoms with Crippen molar-refractivity contribution in [1.29, 1.82) is 0 Å². The fourth-order valence-electron chi connectivity index (χ4n) is 3.14. The topological polar surface area (TPSA) is 114 Å². The summed E-state index contributed by atoms with van der Waals surface area (Å²) in [5.41, 5.74) is 2.38. The molecule has 31 heavy (non-hydrogen) atoms. The highest BCUT2D eigenvalue weighted by molar-refractivity contribution is 6.32. The number of pyridine rings is 1. The minimum absolute atomic E-state index is 0.217. The summed E-state index contributed by atoms with van der Waals surface area (Å²) in [4.78, 5) is 28.1. The maximum Gasteiger partial charge on any atom is 0.405 e. The number of methoxy groups -OCH3 is 2. The summed E-state index contributed by atoms with van der Waals surface area (Å²) in [5.74, 6) is 0.380. The molecule has 1 unspecified atom stereocenters. The van der Waals surface area contributed by atoms with E-state index in [-0.39, 0.29) is 5.92 Å². The molecule has 3 N–H and O–H groups in total. The monoisotopic (exact) mass is 446 g/mol. The molecule has 0 fully saturated rings. The maximum atomic E-state index is 12.5. The number of halogens is 1. The molecule has 164 valence electrons. The number of nitrogens with zero attached hydrogens (tertiary/aromatic N) is 2. The van der Waals surface area contributed by atoms with Gasteiger partial charge in [-0.15, -0.1) is 0 Å². The first kappa shape index (κ1) is 22.2. The van der Waals surface area contributed by atoms with Crippen LogP contribution in [-0.4, -0.2) is 46.8 Å². The van der Waals surface area contributed by atoms with E-state index in [9.17, 15) is 9.59 Å². The number of amides is 2. The molecular formula is C21H23ClN4O5. The van der Waals surface area contributed by atoms with Crippen LogP contribution in [-0.2, 0) is 4.79 Å². The minimum atomic E-state index is -1.26. The summed E-state index contributed by atoms with van der Waals surface area (Å²) < 4.78 is 12.5. The number of hydrogen-bond acceptors (Lipinski definition) is 5. The lowest BCUT2D eigenvalue weighted by molar-refractivity contribution is -0.118. The fraction of sp³-hybridized carbons (Fsp3) is 0.286. The Kier molecular flexibility index (Phi) is 6.55. The van der Waals surface area contributed by atoms with Crippen molar-refractivity contribution in [3.8, 4) is 22.8 Å². The molecule has 0 aliphatic heterocycles. The molecule has 0 saturated heterocycles. The van der Waals surface area contributed by atoms with Crippen molar-refractivity contribution in [3.05, 3.63) is 41.7 Å². The number of carbonyl (C=O) groups excluding carboxylic acids is 1. The first-order valence-electron chi connectivity index (χ1n) is 9.44. The van der Waals surface area contributed by atoms with Gasteiger partial charge in [-0.2, -0.15) is 0 Å². The van der Waals surface area contributed by atoms with Gasteiger partial charge in [-0.25, -0.2) is 9.78 Å². The van der Waals surface area contributed by atoms with E-state index in [4.69, 9.17) is 26.2 Å². The molecule has 3 rings (SSSR count). The van der Waals surface area contributed by atoms with Gasteiger partial charge in [-0.1, -0.05) is 25.4 Å². The zero-order chi connectivity index (χ0) is 22.7. The van der Waals surface area contributed by atoms with Gasteiger partial charge in [0.15, 0.2) is 0 Å². The third-order valence-electron chi connectivity index (χ3n) is 4.71. The van der Waals surface area contributed by atoms with Crippen LogP contribution >= 0.6 is 11.6 Å². The highest BCUT2D eigenvalue weighted by atomic mass is 35.5. The summed E-state index contributed by atoms with van der Waals surface area (Å²) in [6.07, 6.45) is 2.30. The summed E-state index contributed by atoms with van der Waals surface area (Å²) in [6.45, 7) is 3.52. The first-order valence-corrected chi connectivity index (χ1v) is 9.82. The van der Waals surface area contributed by atoms with E-state index in [1.54, 1.807) is 55.8 Å². The molecule has 0 aliphatic rings. The van der Waals surface area contributed by atoms with Crippen molar-refractivity contribution in [3.63, 3.8) is 0 Å². The number of rotatable bonds is 7. The van der Waals surface area contributed by atoms with Crippen LogP contribution in [0, 0.1) is 5.92 Å². The maximum absolute atomic E-state index is 12.5. The number of fused-ring (bicyclic) bond motifs is 1. The third-order valence-corrected chi connectivity index (χ3v) is 5.00. The van der Waals surface area contributed by atoms with E-state index in [0.29, 0.717) is 39.1 Å². The van der Waals surface area contributed by atoms with Gasteiger partial charge >= 0.3 is 6.09 Å². The molecule has 0 bridgehead atoms. The number of carboxylic acid groups (broad SMARTS) is 1. The van der Waals surface area contributed by atoms with Crippen LogP contribution in [0.1, 0.15) is 13.8 Å². The van der Waals surface area contributed by atoms with Crippen molar-refractivity contribution < 1.29 is 24.2 Å². The van der Waals surface area contributed by atoms with Gasteiger partial charge in [-0.05, 0) is 18.1 Å². The standard InChI is InChI=1S/C21H23ClN4O5/c1-11(2)19(25-21(28)29)20(27)23-12-5-6-26-10-15(24-18(26)7-12)13-8-14(22)17(31-4)9-16(13)30-3/h5-11,19,25H,1-4H3,(H,23,27)(H,28,29). The Morgan fingerprint density at radius 2 is 1.87 bits per heavy atom. The average molecular weight is 447 g/mol. The lowest BCUT2D eigenvalue weighted by Gasteiger charge is -2.20. The van der Waals surface area contributed by atoms with Gasteiger partial charge in [0.05, 0.1) is 24.9 Å². The zero-order valence-corrected chi connectivity index (χ0v) is 18.2. The zero-order valence-electron chi connectivity index (χ0n) is 17.5. The van der Waals surface area contributed by atoms with E-state index < -0.39 is 18.0 Å². The van der Waals surface area contributed by atoms with Crippen LogP contribution in [0.5, 0.6) is 11.5 Å². The lowest BCUT2D eigenvalue weighted by Crippen LogP contribution is -2.46. The summed E-state index contributed by atoms with van der Waals surface area (Å²) in [7, 11) is 3.07. The molecule has 0 radical (unpaired) electrons. The molecule has 2 aromatic heterocycles. The summed E-state index contributed by atoms with van der Waals surface area (Å²) in [5, 5.41) is 14.4. The molecule has 2 heterocycles. The van der Waals surface area contributed by atoms with Crippen molar-refractivity contribution in [2.75, 3.05) is 19.5 Å². The summed E-state index contributed by atoms with van der Waals surface area (Å²) >= 11 is 6.27. The second-order valence-corrected chi connectivity index (χ2v) is 7.56. The van der Waals surface area contributed by atoms with Gasteiger partial charge in [0.1, 0.15) is 23.2 Å². The van der Waals surface area contributed by atoms with Crippen molar-refractivity contribution in [2.45, 2.75) is 19.9 Å². The quantitative estimate of drug-likeness (QED) is 0.507. The van der Waals surface area contributed by atoms with Crippen LogP contribution in [0.4, 0.5) is 10.5 Å². The molecule has 10 heteroatoms.